The maximum Gasteiger partial charge on any atom is 0.176 e. The van der Waals surface area contributed by atoms with Crippen molar-refractivity contribution in [2.75, 3.05) is 36.0 Å². The van der Waals surface area contributed by atoms with Crippen molar-refractivity contribution in [1.29, 1.82) is 0 Å². The first-order valence-corrected chi connectivity index (χ1v) is 11.6. The topological polar surface area (TPSA) is 26.7 Å². The van der Waals surface area contributed by atoms with Gasteiger partial charge in [0.1, 0.15) is 0 Å². The maximum absolute atomic E-state index is 11.3. The summed E-state index contributed by atoms with van der Waals surface area (Å²) in [5.74, 6) is 2.64. The van der Waals surface area contributed by atoms with Crippen LogP contribution in [0.25, 0.3) is 0 Å². The average molecular weight is 405 g/mol. The quantitative estimate of drug-likeness (QED) is 0.676. The highest BCUT2D eigenvalue weighted by atomic mass is 16.3. The first kappa shape index (κ1) is 22.2. The normalized spacial score (nSPS) is 17.0. The molecule has 0 spiro atoms. The van der Waals surface area contributed by atoms with Gasteiger partial charge in [0.15, 0.2) is 5.60 Å². The van der Waals surface area contributed by atoms with E-state index in [0.29, 0.717) is 0 Å². The van der Waals surface area contributed by atoms with Gasteiger partial charge in [0.25, 0.3) is 0 Å². The van der Waals surface area contributed by atoms with Gasteiger partial charge < -0.3 is 14.9 Å². The Kier molecular flexibility index (Phi) is 7.82. The third-order valence-electron chi connectivity index (χ3n) is 6.22. The van der Waals surface area contributed by atoms with Crippen molar-refractivity contribution in [2.45, 2.75) is 58.0 Å². The second-order valence-corrected chi connectivity index (χ2v) is 8.04. The van der Waals surface area contributed by atoms with Crippen LogP contribution in [0.3, 0.4) is 0 Å². The summed E-state index contributed by atoms with van der Waals surface area (Å²) in [5.41, 5.74) is 2.52. The van der Waals surface area contributed by atoms with Crippen LogP contribution < -0.4 is 9.80 Å². The lowest BCUT2D eigenvalue weighted by Crippen LogP contribution is -2.30. The predicted molar refractivity (Wildman–Crippen MR) is 128 cm³/mol. The molecule has 2 aromatic carbocycles. The molecule has 0 radical (unpaired) electrons. The largest absolute Gasteiger partial charge is 0.372 e. The zero-order chi connectivity index (χ0) is 21.4. The monoisotopic (exact) mass is 404 g/mol. The summed E-state index contributed by atoms with van der Waals surface area (Å²) in [7, 11) is 0. The minimum absolute atomic E-state index is 0.751. The summed E-state index contributed by atoms with van der Waals surface area (Å²) in [6, 6.07) is 16.3. The molecule has 0 bridgehead atoms. The standard InChI is InChI=1S/C25H30N2O.C2H6/c1-2-25(28,21-9-13-23(14-10-21)26-17-5-3-6-18-26)22-11-15-24(16-12-22)27-19-7-4-8-20-27;1-2/h1,9-16,28H,3-8,17-20H2;1-2H3. The Hall–Kier alpha value is -2.44. The summed E-state index contributed by atoms with van der Waals surface area (Å²) in [6.07, 6.45) is 13.4. The van der Waals surface area contributed by atoms with Gasteiger partial charge in [-0.3, -0.25) is 0 Å². The van der Waals surface area contributed by atoms with Crippen molar-refractivity contribution in [1.82, 2.24) is 0 Å². The van der Waals surface area contributed by atoms with E-state index in [9.17, 15) is 5.11 Å². The Morgan fingerprint density at radius 1 is 0.667 bits per heavy atom. The van der Waals surface area contributed by atoms with Gasteiger partial charge in [0.05, 0.1) is 0 Å². The number of piperidine rings is 2. The number of anilines is 2. The smallest absolute Gasteiger partial charge is 0.176 e. The molecule has 0 amide bonds. The molecular formula is C27H36N2O. The molecule has 0 aliphatic carbocycles. The Morgan fingerprint density at radius 2 is 1.00 bits per heavy atom. The third kappa shape index (κ3) is 4.82. The van der Waals surface area contributed by atoms with Crippen molar-refractivity contribution in [3.05, 3.63) is 59.7 Å². The average Bonchev–Trinajstić information content (AvgIpc) is 2.86. The van der Waals surface area contributed by atoms with Crippen LogP contribution in [-0.4, -0.2) is 31.3 Å². The second-order valence-electron chi connectivity index (χ2n) is 8.04. The van der Waals surface area contributed by atoms with Crippen LogP contribution in [0.4, 0.5) is 11.4 Å². The van der Waals surface area contributed by atoms with E-state index in [4.69, 9.17) is 6.42 Å². The van der Waals surface area contributed by atoms with Crippen LogP contribution in [0, 0.1) is 12.3 Å². The first-order chi connectivity index (χ1) is 14.7. The van der Waals surface area contributed by atoms with Crippen molar-refractivity contribution in [2.24, 2.45) is 0 Å². The number of terminal acetylenes is 1. The van der Waals surface area contributed by atoms with Gasteiger partial charge in [-0.05, 0) is 62.8 Å². The van der Waals surface area contributed by atoms with Crippen molar-refractivity contribution >= 4 is 11.4 Å². The highest BCUT2D eigenvalue weighted by Crippen LogP contribution is 2.32. The Labute approximate surface area is 182 Å². The molecule has 4 rings (SSSR count). The highest BCUT2D eigenvalue weighted by molar-refractivity contribution is 5.55. The molecule has 2 aliphatic heterocycles. The number of hydrogen-bond acceptors (Lipinski definition) is 3. The van der Waals surface area contributed by atoms with Gasteiger partial charge in [-0.15, -0.1) is 6.42 Å². The zero-order valence-corrected chi connectivity index (χ0v) is 18.6. The van der Waals surface area contributed by atoms with Crippen LogP contribution in [0.2, 0.25) is 0 Å². The summed E-state index contributed by atoms with van der Waals surface area (Å²) in [4.78, 5) is 4.82. The van der Waals surface area contributed by atoms with Crippen molar-refractivity contribution in [3.8, 4) is 12.3 Å². The number of aliphatic hydroxyl groups is 1. The fourth-order valence-electron chi connectivity index (χ4n) is 4.46. The van der Waals surface area contributed by atoms with E-state index in [2.05, 4.69) is 40.0 Å². The van der Waals surface area contributed by atoms with E-state index in [1.165, 1.54) is 49.9 Å². The number of benzene rings is 2. The van der Waals surface area contributed by atoms with E-state index in [0.717, 1.165) is 37.3 Å². The molecule has 2 aliphatic rings. The third-order valence-corrected chi connectivity index (χ3v) is 6.22. The van der Waals surface area contributed by atoms with E-state index >= 15 is 0 Å². The molecule has 0 saturated carbocycles. The van der Waals surface area contributed by atoms with Gasteiger partial charge in [0.2, 0.25) is 0 Å². The Morgan fingerprint density at radius 3 is 1.30 bits per heavy atom. The fourth-order valence-corrected chi connectivity index (χ4v) is 4.46. The molecule has 2 saturated heterocycles. The molecular weight excluding hydrogens is 368 g/mol. The molecule has 30 heavy (non-hydrogen) atoms. The highest BCUT2D eigenvalue weighted by Gasteiger charge is 2.29. The minimum atomic E-state index is -1.40. The fraction of sp³-hybridized carbons (Fsp3) is 0.481. The van der Waals surface area contributed by atoms with Gasteiger partial charge in [0, 0.05) is 48.7 Å². The number of hydrogen-bond donors (Lipinski definition) is 1. The number of rotatable bonds is 4. The summed E-state index contributed by atoms with van der Waals surface area (Å²) in [5, 5.41) is 11.3. The van der Waals surface area contributed by atoms with E-state index < -0.39 is 5.60 Å². The Balaban J connectivity index is 0.00000124. The maximum atomic E-state index is 11.3. The lowest BCUT2D eigenvalue weighted by Gasteiger charge is -2.31. The molecule has 0 unspecified atom stereocenters. The van der Waals surface area contributed by atoms with E-state index in [-0.39, 0.29) is 0 Å². The van der Waals surface area contributed by atoms with Crippen molar-refractivity contribution < 1.29 is 5.11 Å². The zero-order valence-electron chi connectivity index (χ0n) is 18.6. The van der Waals surface area contributed by atoms with Crippen LogP contribution in [0.1, 0.15) is 63.5 Å². The summed E-state index contributed by atoms with van der Waals surface area (Å²) < 4.78 is 0. The van der Waals surface area contributed by atoms with Crippen LogP contribution >= 0.6 is 0 Å². The van der Waals surface area contributed by atoms with Gasteiger partial charge in [-0.25, -0.2) is 0 Å². The lowest BCUT2D eigenvalue weighted by molar-refractivity contribution is 0.145. The molecule has 0 aromatic heterocycles. The molecule has 3 nitrogen and oxygen atoms in total. The summed E-state index contributed by atoms with van der Waals surface area (Å²) in [6.45, 7) is 8.43. The van der Waals surface area contributed by atoms with Gasteiger partial charge in [-0.2, -0.15) is 0 Å². The molecule has 160 valence electrons. The van der Waals surface area contributed by atoms with Gasteiger partial charge >= 0.3 is 0 Å². The summed E-state index contributed by atoms with van der Waals surface area (Å²) >= 11 is 0. The molecule has 1 N–H and O–H groups in total. The molecule has 2 fully saturated rings. The number of nitrogens with zero attached hydrogens (tertiary/aromatic N) is 2. The van der Waals surface area contributed by atoms with Gasteiger partial charge in [-0.1, -0.05) is 44.0 Å². The minimum Gasteiger partial charge on any atom is -0.372 e. The first-order valence-electron chi connectivity index (χ1n) is 11.6. The predicted octanol–water partition coefficient (Wildman–Crippen LogP) is 5.56. The molecule has 0 atom stereocenters. The van der Waals surface area contributed by atoms with Crippen molar-refractivity contribution in [3.63, 3.8) is 0 Å². The van der Waals surface area contributed by atoms with E-state index in [1.54, 1.807) is 0 Å². The second kappa shape index (κ2) is 10.5. The van der Waals surface area contributed by atoms with E-state index in [1.807, 2.05) is 38.1 Å². The van der Waals surface area contributed by atoms with Crippen LogP contribution in [0.5, 0.6) is 0 Å². The molecule has 2 heterocycles. The van der Waals surface area contributed by atoms with Crippen LogP contribution in [-0.2, 0) is 5.60 Å². The van der Waals surface area contributed by atoms with Crippen LogP contribution in [0.15, 0.2) is 48.5 Å². The SMILES string of the molecule is C#CC(O)(c1ccc(N2CCCCC2)cc1)c1ccc(N2CCCCC2)cc1.CC. The molecule has 2 aromatic rings. The Bertz CT molecular complexity index is 746. The molecule has 3 heteroatoms. The lowest BCUT2D eigenvalue weighted by atomic mass is 9.86.